The molecule has 0 aliphatic rings. The van der Waals surface area contributed by atoms with E-state index < -0.39 is 11.6 Å². The fourth-order valence-corrected chi connectivity index (χ4v) is 1.80. The summed E-state index contributed by atoms with van der Waals surface area (Å²) < 4.78 is 28.0. The van der Waals surface area contributed by atoms with Gasteiger partial charge in [0.1, 0.15) is 11.6 Å². The molecule has 1 heterocycles. The Kier molecular flexibility index (Phi) is 2.07. The Morgan fingerprint density at radius 2 is 2.00 bits per heavy atom. The van der Waals surface area contributed by atoms with Crippen LogP contribution >= 0.6 is 0 Å². The highest BCUT2D eigenvalue weighted by molar-refractivity contribution is 5.99. The Balaban J connectivity index is 3.03. The van der Waals surface area contributed by atoms with Gasteiger partial charge in [0.15, 0.2) is 6.29 Å². The third-order valence-electron chi connectivity index (χ3n) is 2.66. The van der Waals surface area contributed by atoms with Crippen LogP contribution in [0, 0.1) is 18.6 Å². The van der Waals surface area contributed by atoms with Gasteiger partial charge in [-0.05, 0) is 13.0 Å². The second-order valence-electron chi connectivity index (χ2n) is 3.46. The lowest BCUT2D eigenvalue weighted by molar-refractivity contribution is 0.112. The minimum atomic E-state index is -0.672. The smallest absolute Gasteiger partial charge is 0.152 e. The van der Waals surface area contributed by atoms with Gasteiger partial charge in [-0.1, -0.05) is 0 Å². The number of hydrogen-bond acceptors (Lipinski definition) is 1. The Morgan fingerprint density at radius 3 is 2.60 bits per heavy atom. The molecule has 1 aromatic carbocycles. The average molecular weight is 209 g/mol. The van der Waals surface area contributed by atoms with Crippen LogP contribution in [0.15, 0.2) is 12.1 Å². The first kappa shape index (κ1) is 9.83. The summed E-state index contributed by atoms with van der Waals surface area (Å²) in [5.74, 6) is -1.32. The lowest BCUT2D eigenvalue weighted by Gasteiger charge is -1.99. The summed E-state index contributed by atoms with van der Waals surface area (Å²) >= 11 is 0. The number of rotatable bonds is 1. The van der Waals surface area contributed by atoms with Crippen molar-refractivity contribution in [1.29, 1.82) is 0 Å². The van der Waals surface area contributed by atoms with Gasteiger partial charge in [-0.15, -0.1) is 0 Å². The normalized spacial score (nSPS) is 10.9. The molecule has 0 spiro atoms. The van der Waals surface area contributed by atoms with Crippen molar-refractivity contribution in [2.24, 2.45) is 7.05 Å². The number of benzene rings is 1. The molecule has 0 saturated carbocycles. The highest BCUT2D eigenvalue weighted by atomic mass is 19.1. The van der Waals surface area contributed by atoms with Gasteiger partial charge in [0, 0.05) is 29.8 Å². The number of aldehydes is 1. The number of fused-ring (bicyclic) bond motifs is 1. The molecular formula is C11H9F2NO. The Hall–Kier alpha value is -1.71. The van der Waals surface area contributed by atoms with E-state index in [-0.39, 0.29) is 5.52 Å². The predicted octanol–water partition coefficient (Wildman–Crippen LogP) is 2.58. The Bertz CT molecular complexity index is 557. The molecule has 0 atom stereocenters. The molecule has 4 heteroatoms. The molecule has 2 nitrogen and oxygen atoms in total. The van der Waals surface area contributed by atoms with Gasteiger partial charge in [-0.25, -0.2) is 8.78 Å². The third-order valence-corrected chi connectivity index (χ3v) is 2.66. The largest absolute Gasteiger partial charge is 0.345 e. The zero-order valence-electron chi connectivity index (χ0n) is 8.34. The first-order chi connectivity index (χ1) is 7.06. The molecule has 1 aromatic heterocycles. The van der Waals surface area contributed by atoms with E-state index in [1.807, 2.05) is 0 Å². The van der Waals surface area contributed by atoms with Gasteiger partial charge >= 0.3 is 0 Å². The summed E-state index contributed by atoms with van der Waals surface area (Å²) in [6.07, 6.45) is 0.622. The minimum absolute atomic E-state index is 0.260. The standard InChI is InChI=1S/C11H9F2NO/c1-6-9(5-15)8-3-7(12)4-10(13)11(8)14(6)2/h3-5H,1-2H3. The van der Waals surface area contributed by atoms with Crippen molar-refractivity contribution in [3.05, 3.63) is 35.0 Å². The number of carbonyl (C=O) groups excluding carboxylic acids is 1. The van der Waals surface area contributed by atoms with E-state index in [0.29, 0.717) is 22.9 Å². The van der Waals surface area contributed by atoms with Gasteiger partial charge in [0.2, 0.25) is 0 Å². The molecule has 2 rings (SSSR count). The van der Waals surface area contributed by atoms with Gasteiger partial charge < -0.3 is 4.57 Å². The molecule has 2 aromatic rings. The monoisotopic (exact) mass is 209 g/mol. The Morgan fingerprint density at radius 1 is 1.33 bits per heavy atom. The van der Waals surface area contributed by atoms with Gasteiger partial charge in [0.25, 0.3) is 0 Å². The van der Waals surface area contributed by atoms with Gasteiger partial charge in [-0.3, -0.25) is 4.79 Å². The molecule has 0 bridgehead atoms. The maximum atomic E-state index is 13.5. The molecule has 0 saturated heterocycles. The number of hydrogen-bond donors (Lipinski definition) is 0. The molecule has 15 heavy (non-hydrogen) atoms. The molecule has 78 valence electrons. The van der Waals surface area contributed by atoms with Crippen molar-refractivity contribution in [1.82, 2.24) is 4.57 Å². The van der Waals surface area contributed by atoms with Crippen LogP contribution in [0.3, 0.4) is 0 Å². The number of aryl methyl sites for hydroxylation is 1. The van der Waals surface area contributed by atoms with Crippen molar-refractivity contribution in [3.63, 3.8) is 0 Å². The lowest BCUT2D eigenvalue weighted by Crippen LogP contribution is -1.93. The van der Waals surface area contributed by atoms with E-state index in [0.717, 1.165) is 6.07 Å². The summed E-state index contributed by atoms with van der Waals surface area (Å²) in [4.78, 5) is 10.8. The first-order valence-electron chi connectivity index (χ1n) is 4.45. The minimum Gasteiger partial charge on any atom is -0.345 e. The van der Waals surface area contributed by atoms with Crippen LogP contribution < -0.4 is 0 Å². The summed E-state index contributed by atoms with van der Waals surface area (Å²) in [5, 5.41) is 0.322. The van der Waals surface area contributed by atoms with E-state index in [1.54, 1.807) is 18.5 Å². The summed E-state index contributed by atoms with van der Waals surface area (Å²) in [6, 6.07) is 1.99. The number of nitrogens with zero attached hydrogens (tertiary/aromatic N) is 1. The molecule has 0 fully saturated rings. The zero-order chi connectivity index (χ0) is 11.2. The second-order valence-corrected chi connectivity index (χ2v) is 3.46. The van der Waals surface area contributed by atoms with E-state index in [4.69, 9.17) is 0 Å². The van der Waals surface area contributed by atoms with Gasteiger partial charge in [-0.2, -0.15) is 0 Å². The zero-order valence-corrected chi connectivity index (χ0v) is 8.34. The number of halogens is 2. The van der Waals surface area contributed by atoms with E-state index in [9.17, 15) is 13.6 Å². The van der Waals surface area contributed by atoms with Crippen molar-refractivity contribution < 1.29 is 13.6 Å². The predicted molar refractivity (Wildman–Crippen MR) is 53.0 cm³/mol. The topological polar surface area (TPSA) is 22.0 Å². The quantitative estimate of drug-likeness (QED) is 0.661. The molecule has 0 N–H and O–H groups in total. The second kappa shape index (κ2) is 3.15. The summed E-state index contributed by atoms with van der Waals surface area (Å²) in [6.45, 7) is 1.70. The van der Waals surface area contributed by atoms with Crippen molar-refractivity contribution in [3.8, 4) is 0 Å². The average Bonchev–Trinajstić information content (AvgIpc) is 2.39. The molecule has 0 unspecified atom stereocenters. The lowest BCUT2D eigenvalue weighted by atomic mass is 10.1. The SMILES string of the molecule is Cc1c(C=O)c2cc(F)cc(F)c2n1C. The van der Waals surface area contributed by atoms with Gasteiger partial charge in [0.05, 0.1) is 5.52 Å². The molecular weight excluding hydrogens is 200 g/mol. The van der Waals surface area contributed by atoms with E-state index in [2.05, 4.69) is 0 Å². The van der Waals surface area contributed by atoms with Crippen LogP contribution in [0.2, 0.25) is 0 Å². The molecule has 0 amide bonds. The summed E-state index contributed by atoms with van der Waals surface area (Å²) in [7, 11) is 1.64. The maximum Gasteiger partial charge on any atom is 0.152 e. The van der Waals surface area contributed by atoms with E-state index >= 15 is 0 Å². The third kappa shape index (κ3) is 1.25. The van der Waals surface area contributed by atoms with Crippen LogP contribution in [-0.2, 0) is 7.05 Å². The first-order valence-corrected chi connectivity index (χ1v) is 4.45. The molecule has 0 aliphatic carbocycles. The fourth-order valence-electron chi connectivity index (χ4n) is 1.80. The molecule has 0 radical (unpaired) electrons. The number of aromatic nitrogens is 1. The molecule has 0 aliphatic heterocycles. The van der Waals surface area contributed by atoms with Crippen LogP contribution in [0.4, 0.5) is 8.78 Å². The van der Waals surface area contributed by atoms with Crippen molar-refractivity contribution in [2.45, 2.75) is 6.92 Å². The van der Waals surface area contributed by atoms with Crippen LogP contribution in [0.25, 0.3) is 10.9 Å². The van der Waals surface area contributed by atoms with E-state index in [1.165, 1.54) is 6.07 Å². The maximum absolute atomic E-state index is 13.5. The highest BCUT2D eigenvalue weighted by Gasteiger charge is 2.15. The highest BCUT2D eigenvalue weighted by Crippen LogP contribution is 2.26. The fraction of sp³-hybridized carbons (Fsp3) is 0.182. The van der Waals surface area contributed by atoms with Crippen molar-refractivity contribution >= 4 is 17.2 Å². The number of carbonyl (C=O) groups is 1. The van der Waals surface area contributed by atoms with Crippen LogP contribution in [0.5, 0.6) is 0 Å². The Labute approximate surface area is 85.1 Å². The summed E-state index contributed by atoms with van der Waals surface area (Å²) in [5.41, 5.74) is 1.23. The van der Waals surface area contributed by atoms with Crippen LogP contribution in [-0.4, -0.2) is 10.9 Å². The van der Waals surface area contributed by atoms with Crippen LogP contribution in [0.1, 0.15) is 16.1 Å². The van der Waals surface area contributed by atoms with Crippen molar-refractivity contribution in [2.75, 3.05) is 0 Å².